The van der Waals surface area contributed by atoms with Crippen molar-refractivity contribution in [2.24, 2.45) is 0 Å². The van der Waals surface area contributed by atoms with Crippen LogP contribution in [0.1, 0.15) is 26.5 Å². The minimum Gasteiger partial charge on any atom is -0.475 e. The molecular formula is C28H21N3O5S. The second-order valence-corrected chi connectivity index (χ2v) is 10.0. The Kier molecular flexibility index (Phi) is 6.29. The van der Waals surface area contributed by atoms with E-state index in [4.69, 9.17) is 0 Å². The first-order valence-corrected chi connectivity index (χ1v) is 12.8. The highest BCUT2D eigenvalue weighted by Crippen LogP contribution is 2.23. The number of carboxylic acids is 1. The summed E-state index contributed by atoms with van der Waals surface area (Å²) in [6.45, 7) is 0.195. The Morgan fingerprint density at radius 2 is 1.43 bits per heavy atom. The Morgan fingerprint density at radius 1 is 0.811 bits per heavy atom. The van der Waals surface area contributed by atoms with Crippen LogP contribution in [0.5, 0.6) is 0 Å². The Labute approximate surface area is 212 Å². The number of carbonyl (C=O) groups is 2. The molecule has 0 spiro atoms. The molecule has 0 saturated carbocycles. The van der Waals surface area contributed by atoms with Crippen LogP contribution in [0.4, 0.5) is 0 Å². The van der Waals surface area contributed by atoms with Crippen LogP contribution in [-0.2, 0) is 16.6 Å². The maximum atomic E-state index is 12.8. The summed E-state index contributed by atoms with van der Waals surface area (Å²) in [6.07, 6.45) is 0. The van der Waals surface area contributed by atoms with E-state index in [0.29, 0.717) is 11.0 Å². The number of fused-ring (bicyclic) bond motifs is 1. The number of carbonyl (C=O) groups excluding carboxylic acids is 1. The molecule has 0 aliphatic carbocycles. The number of rotatable bonds is 7. The second-order valence-electron chi connectivity index (χ2n) is 8.34. The van der Waals surface area contributed by atoms with E-state index in [2.05, 4.69) is 9.71 Å². The lowest BCUT2D eigenvalue weighted by molar-refractivity contribution is 0.0679. The predicted molar refractivity (Wildman–Crippen MR) is 139 cm³/mol. The van der Waals surface area contributed by atoms with Crippen molar-refractivity contribution in [1.29, 1.82) is 0 Å². The van der Waals surface area contributed by atoms with Crippen LogP contribution < -0.4 is 4.72 Å². The molecule has 9 heteroatoms. The van der Waals surface area contributed by atoms with Crippen molar-refractivity contribution in [1.82, 2.24) is 14.3 Å². The number of aromatic nitrogens is 2. The first-order chi connectivity index (χ1) is 17.8. The van der Waals surface area contributed by atoms with E-state index in [9.17, 15) is 23.1 Å². The summed E-state index contributed by atoms with van der Waals surface area (Å²) in [4.78, 5) is 28.9. The van der Waals surface area contributed by atoms with Gasteiger partial charge in [-0.1, -0.05) is 72.8 Å². The van der Waals surface area contributed by atoms with Crippen LogP contribution in [-0.4, -0.2) is 35.0 Å². The van der Waals surface area contributed by atoms with E-state index in [1.165, 1.54) is 34.9 Å². The van der Waals surface area contributed by atoms with Crippen molar-refractivity contribution in [3.05, 3.63) is 120 Å². The molecule has 0 aliphatic rings. The second kappa shape index (κ2) is 9.71. The summed E-state index contributed by atoms with van der Waals surface area (Å²) in [6, 6.07) is 29.5. The molecule has 0 atom stereocenters. The van der Waals surface area contributed by atoms with Gasteiger partial charge in [-0.25, -0.2) is 22.9 Å². The number of nitrogens with zero attached hydrogens (tertiary/aromatic N) is 2. The first-order valence-electron chi connectivity index (χ1n) is 11.3. The van der Waals surface area contributed by atoms with Crippen LogP contribution in [0, 0.1) is 0 Å². The van der Waals surface area contributed by atoms with Crippen LogP contribution in [0.3, 0.4) is 0 Å². The minimum atomic E-state index is -4.07. The number of sulfonamides is 1. The van der Waals surface area contributed by atoms with E-state index in [-0.39, 0.29) is 22.8 Å². The third-order valence-electron chi connectivity index (χ3n) is 5.88. The van der Waals surface area contributed by atoms with Gasteiger partial charge in [0, 0.05) is 12.1 Å². The number of imidazole rings is 1. The molecule has 0 bridgehead atoms. The zero-order valence-electron chi connectivity index (χ0n) is 19.4. The average molecular weight is 512 g/mol. The lowest BCUT2D eigenvalue weighted by atomic mass is 10.0. The summed E-state index contributed by atoms with van der Waals surface area (Å²) >= 11 is 0. The van der Waals surface area contributed by atoms with E-state index < -0.39 is 21.9 Å². The SMILES string of the molecule is O=C(NS(=O)(=O)c1ccccc1)c1ccc2nc(C(=O)O)n(Cc3ccc(-c4ccccc4)cc3)c2c1. The summed E-state index contributed by atoms with van der Waals surface area (Å²) in [7, 11) is -4.07. The maximum Gasteiger partial charge on any atom is 0.372 e. The maximum absolute atomic E-state index is 12.8. The summed E-state index contributed by atoms with van der Waals surface area (Å²) in [5.41, 5.74) is 3.76. The predicted octanol–water partition coefficient (Wildman–Crippen LogP) is 4.57. The van der Waals surface area contributed by atoms with Crippen LogP contribution in [0.2, 0.25) is 0 Å². The zero-order chi connectivity index (χ0) is 26.0. The molecule has 1 amide bonds. The number of hydrogen-bond donors (Lipinski definition) is 2. The van der Waals surface area contributed by atoms with Gasteiger partial charge in [-0.3, -0.25) is 4.79 Å². The zero-order valence-corrected chi connectivity index (χ0v) is 20.2. The van der Waals surface area contributed by atoms with Crippen molar-refractivity contribution in [2.45, 2.75) is 11.4 Å². The van der Waals surface area contributed by atoms with Crippen molar-refractivity contribution in [2.75, 3.05) is 0 Å². The monoisotopic (exact) mass is 511 g/mol. The third kappa shape index (κ3) is 4.98. The topological polar surface area (TPSA) is 118 Å². The van der Waals surface area contributed by atoms with Gasteiger partial charge in [0.2, 0.25) is 5.82 Å². The average Bonchev–Trinajstić information content (AvgIpc) is 3.28. The van der Waals surface area contributed by atoms with Gasteiger partial charge in [-0.15, -0.1) is 0 Å². The molecule has 0 radical (unpaired) electrons. The highest BCUT2D eigenvalue weighted by atomic mass is 32.2. The quantitative estimate of drug-likeness (QED) is 0.331. The van der Waals surface area contributed by atoms with Crippen molar-refractivity contribution < 1.29 is 23.1 Å². The van der Waals surface area contributed by atoms with Crippen molar-refractivity contribution >= 4 is 32.9 Å². The van der Waals surface area contributed by atoms with Gasteiger partial charge in [-0.2, -0.15) is 0 Å². The molecule has 2 N–H and O–H groups in total. The number of nitrogens with one attached hydrogen (secondary N) is 1. The Bertz CT molecular complexity index is 1710. The molecule has 8 nitrogen and oxygen atoms in total. The van der Waals surface area contributed by atoms with E-state index in [1.54, 1.807) is 18.2 Å². The van der Waals surface area contributed by atoms with Gasteiger partial charge in [0.15, 0.2) is 0 Å². The summed E-state index contributed by atoms with van der Waals surface area (Å²) < 4.78 is 28.7. The molecule has 1 heterocycles. The standard InChI is InChI=1S/C28H21N3O5S/c32-27(30-37(35,36)23-9-5-2-6-10-23)22-15-16-24-25(17-22)31(26(29-24)28(33)34)18-19-11-13-21(14-12-19)20-7-3-1-4-8-20/h1-17H,18H2,(H,30,32)(H,33,34). The number of carboxylic acid groups (broad SMARTS) is 1. The van der Waals surface area contributed by atoms with Crippen LogP contribution in [0.15, 0.2) is 108 Å². The van der Waals surface area contributed by atoms with Gasteiger partial charge in [-0.05, 0) is 47.0 Å². The van der Waals surface area contributed by atoms with Crippen LogP contribution in [0.25, 0.3) is 22.2 Å². The number of benzene rings is 4. The smallest absolute Gasteiger partial charge is 0.372 e. The normalized spacial score (nSPS) is 11.4. The van der Waals surface area contributed by atoms with E-state index >= 15 is 0 Å². The molecule has 37 heavy (non-hydrogen) atoms. The molecule has 5 aromatic rings. The van der Waals surface area contributed by atoms with Gasteiger partial charge in [0.1, 0.15) is 0 Å². The Balaban J connectivity index is 1.47. The number of hydrogen-bond acceptors (Lipinski definition) is 5. The van der Waals surface area contributed by atoms with Gasteiger partial charge >= 0.3 is 5.97 Å². The van der Waals surface area contributed by atoms with Crippen molar-refractivity contribution in [3.8, 4) is 11.1 Å². The fourth-order valence-corrected chi connectivity index (χ4v) is 5.04. The first kappa shape index (κ1) is 24.0. The molecule has 0 saturated heterocycles. The van der Waals surface area contributed by atoms with E-state index in [0.717, 1.165) is 16.7 Å². The molecule has 4 aromatic carbocycles. The van der Waals surface area contributed by atoms with Crippen LogP contribution >= 0.6 is 0 Å². The molecular weight excluding hydrogens is 490 g/mol. The molecule has 0 aliphatic heterocycles. The number of amides is 1. The van der Waals surface area contributed by atoms with Gasteiger partial charge in [0.05, 0.1) is 15.9 Å². The fourth-order valence-electron chi connectivity index (χ4n) is 4.04. The fraction of sp³-hybridized carbons (Fsp3) is 0.0357. The van der Waals surface area contributed by atoms with E-state index in [1.807, 2.05) is 54.6 Å². The molecule has 0 unspecified atom stereocenters. The highest BCUT2D eigenvalue weighted by molar-refractivity contribution is 7.90. The summed E-state index contributed by atoms with van der Waals surface area (Å²) in [5, 5.41) is 9.75. The minimum absolute atomic E-state index is 0.0402. The lowest BCUT2D eigenvalue weighted by Crippen LogP contribution is -2.30. The summed E-state index contributed by atoms with van der Waals surface area (Å²) in [5.74, 6) is -2.23. The highest BCUT2D eigenvalue weighted by Gasteiger charge is 2.21. The van der Waals surface area contributed by atoms with Crippen molar-refractivity contribution in [3.63, 3.8) is 0 Å². The Morgan fingerprint density at radius 3 is 2.08 bits per heavy atom. The molecule has 184 valence electrons. The molecule has 1 aromatic heterocycles. The number of aromatic carboxylic acids is 1. The Hall–Kier alpha value is -4.76. The van der Waals surface area contributed by atoms with Gasteiger partial charge < -0.3 is 9.67 Å². The third-order valence-corrected chi connectivity index (χ3v) is 7.23. The largest absolute Gasteiger partial charge is 0.475 e. The van der Waals surface area contributed by atoms with Gasteiger partial charge in [0.25, 0.3) is 15.9 Å². The lowest BCUT2D eigenvalue weighted by Gasteiger charge is -2.10. The molecule has 5 rings (SSSR count). The molecule has 0 fully saturated rings.